The van der Waals surface area contributed by atoms with E-state index in [1.807, 2.05) is 60.7 Å². The topological polar surface area (TPSA) is 114 Å². The lowest BCUT2D eigenvalue weighted by atomic mass is 10.0. The molecule has 0 saturated heterocycles. The molecule has 5 rings (SSSR count). The minimum absolute atomic E-state index is 0.0510. The lowest BCUT2D eigenvalue weighted by Gasteiger charge is -2.12. The maximum Gasteiger partial charge on any atom is 0.310 e. The van der Waals surface area contributed by atoms with Crippen LogP contribution in [0.3, 0.4) is 0 Å². The number of para-hydroxylation sites is 1. The third kappa shape index (κ3) is 5.95. The van der Waals surface area contributed by atoms with Crippen LogP contribution in [0.25, 0.3) is 22.1 Å². The van der Waals surface area contributed by atoms with E-state index in [-0.39, 0.29) is 31.3 Å². The summed E-state index contributed by atoms with van der Waals surface area (Å²) in [5.74, 6) is 0.126. The van der Waals surface area contributed by atoms with Gasteiger partial charge in [-0.15, -0.1) is 0 Å². The second-order valence-electron chi connectivity index (χ2n) is 9.32. The van der Waals surface area contributed by atoms with Crippen molar-refractivity contribution in [3.05, 3.63) is 114 Å². The maximum absolute atomic E-state index is 13.3. The molecule has 5 aromatic rings. The van der Waals surface area contributed by atoms with Gasteiger partial charge >= 0.3 is 5.97 Å². The van der Waals surface area contributed by atoms with E-state index in [0.717, 1.165) is 22.1 Å². The zero-order chi connectivity index (χ0) is 28.1. The van der Waals surface area contributed by atoms with E-state index in [9.17, 15) is 13.2 Å². The third-order valence-electron chi connectivity index (χ3n) is 6.49. The van der Waals surface area contributed by atoms with Crippen LogP contribution in [-0.4, -0.2) is 25.0 Å². The summed E-state index contributed by atoms with van der Waals surface area (Å²) in [4.78, 5) is 12.0. The Balaban J connectivity index is 1.45. The molecule has 0 amide bonds. The van der Waals surface area contributed by atoms with Gasteiger partial charge in [-0.2, -0.15) is 0 Å². The monoisotopic (exact) mass is 558 g/mol. The number of furan rings is 1. The van der Waals surface area contributed by atoms with Crippen molar-refractivity contribution in [2.24, 2.45) is 5.73 Å². The molecule has 0 bridgehead atoms. The maximum atomic E-state index is 13.3. The fourth-order valence-corrected chi connectivity index (χ4v) is 6.17. The standard InChI is InChI=1S/C31H30N2O6S/c1-2-37-30(34)17-24-10-6-7-11-29(24)39-20-23-14-25-12-13-38-31(25)28(15-23)26-16-27(18-32)33(19-26)40(35,36)21-22-8-4-3-5-9-22/h3-16,19H,2,17-18,20-21,32H2,1H3. The summed E-state index contributed by atoms with van der Waals surface area (Å²) in [5.41, 5.74) is 10.7. The number of aromatic nitrogens is 1. The van der Waals surface area contributed by atoms with Crippen LogP contribution in [0.5, 0.6) is 5.75 Å². The molecule has 2 aromatic heterocycles. The highest BCUT2D eigenvalue weighted by Gasteiger charge is 2.21. The average molecular weight is 559 g/mol. The Morgan fingerprint density at radius 1 is 0.975 bits per heavy atom. The number of fused-ring (bicyclic) bond motifs is 1. The molecule has 3 aromatic carbocycles. The van der Waals surface area contributed by atoms with Crippen LogP contribution in [0.1, 0.15) is 29.3 Å². The summed E-state index contributed by atoms with van der Waals surface area (Å²) in [6, 6.07) is 23.9. The quantitative estimate of drug-likeness (QED) is 0.215. The Kier molecular flexibility index (Phi) is 8.04. The van der Waals surface area contributed by atoms with Crippen molar-refractivity contribution >= 4 is 27.0 Å². The third-order valence-corrected chi connectivity index (χ3v) is 8.13. The lowest BCUT2D eigenvalue weighted by Crippen LogP contribution is -2.18. The van der Waals surface area contributed by atoms with Gasteiger partial charge in [0, 0.05) is 40.5 Å². The number of nitrogens with two attached hydrogens (primary N) is 1. The first-order valence-corrected chi connectivity index (χ1v) is 14.5. The van der Waals surface area contributed by atoms with Crippen LogP contribution < -0.4 is 10.5 Å². The fourth-order valence-electron chi connectivity index (χ4n) is 4.66. The Morgan fingerprint density at radius 3 is 2.52 bits per heavy atom. The molecule has 0 fully saturated rings. The predicted octanol–water partition coefficient (Wildman–Crippen LogP) is 5.42. The second kappa shape index (κ2) is 11.8. The number of benzene rings is 3. The van der Waals surface area contributed by atoms with Crippen molar-refractivity contribution in [1.29, 1.82) is 0 Å². The van der Waals surface area contributed by atoms with E-state index in [2.05, 4.69) is 0 Å². The summed E-state index contributed by atoms with van der Waals surface area (Å²) in [6.07, 6.45) is 3.31. The summed E-state index contributed by atoms with van der Waals surface area (Å²) in [7, 11) is -3.71. The van der Waals surface area contributed by atoms with E-state index in [4.69, 9.17) is 19.6 Å². The van der Waals surface area contributed by atoms with Crippen LogP contribution in [-0.2, 0) is 44.9 Å². The smallest absolute Gasteiger partial charge is 0.310 e. The molecule has 0 radical (unpaired) electrons. The fraction of sp³-hybridized carbons (Fsp3) is 0.194. The van der Waals surface area contributed by atoms with E-state index in [0.29, 0.717) is 34.8 Å². The van der Waals surface area contributed by atoms with Crippen molar-refractivity contribution < 1.29 is 27.1 Å². The summed E-state index contributed by atoms with van der Waals surface area (Å²) in [6.45, 7) is 2.36. The normalized spacial score (nSPS) is 11.6. The molecule has 0 spiro atoms. The molecule has 2 N–H and O–H groups in total. The largest absolute Gasteiger partial charge is 0.489 e. The molecule has 0 aliphatic carbocycles. The molecule has 0 aliphatic heterocycles. The van der Waals surface area contributed by atoms with Gasteiger partial charge in [-0.1, -0.05) is 48.5 Å². The second-order valence-corrected chi connectivity index (χ2v) is 11.2. The molecule has 2 heterocycles. The van der Waals surface area contributed by atoms with Crippen molar-refractivity contribution in [2.45, 2.75) is 32.2 Å². The van der Waals surface area contributed by atoms with Gasteiger partial charge in [0.25, 0.3) is 0 Å². The molecule has 40 heavy (non-hydrogen) atoms. The first-order valence-electron chi connectivity index (χ1n) is 12.9. The highest BCUT2D eigenvalue weighted by molar-refractivity contribution is 7.89. The summed E-state index contributed by atoms with van der Waals surface area (Å²) < 4.78 is 45.0. The lowest BCUT2D eigenvalue weighted by molar-refractivity contribution is -0.142. The molecular formula is C31H30N2O6S. The molecule has 0 saturated carbocycles. The minimum Gasteiger partial charge on any atom is -0.489 e. The predicted molar refractivity (Wildman–Crippen MR) is 153 cm³/mol. The SMILES string of the molecule is CCOC(=O)Cc1ccccc1OCc1cc(-c2cc(CN)n(S(=O)(=O)Cc3ccccc3)c2)c2occc2c1. The number of carbonyl (C=O) groups is 1. The van der Waals surface area contributed by atoms with Crippen molar-refractivity contribution in [3.8, 4) is 16.9 Å². The number of carbonyl (C=O) groups excluding carboxylic acids is 1. The highest BCUT2D eigenvalue weighted by atomic mass is 32.2. The van der Waals surface area contributed by atoms with Crippen LogP contribution >= 0.6 is 0 Å². The van der Waals surface area contributed by atoms with Gasteiger partial charge in [-0.3, -0.25) is 4.79 Å². The Labute approximate surface area is 233 Å². The minimum atomic E-state index is -3.71. The van der Waals surface area contributed by atoms with Crippen molar-refractivity contribution in [1.82, 2.24) is 3.97 Å². The van der Waals surface area contributed by atoms with Crippen molar-refractivity contribution in [3.63, 3.8) is 0 Å². The molecule has 0 atom stereocenters. The number of hydrogen-bond acceptors (Lipinski definition) is 7. The van der Waals surface area contributed by atoms with E-state index < -0.39 is 10.0 Å². The molecule has 0 aliphatic rings. The van der Waals surface area contributed by atoms with Gasteiger partial charge in [0.05, 0.1) is 25.0 Å². The van der Waals surface area contributed by atoms with E-state index >= 15 is 0 Å². The van der Waals surface area contributed by atoms with Gasteiger partial charge in [0.2, 0.25) is 10.0 Å². The number of esters is 1. The Hall–Kier alpha value is -4.34. The average Bonchev–Trinajstić information content (AvgIpc) is 3.60. The molecule has 206 valence electrons. The zero-order valence-electron chi connectivity index (χ0n) is 22.1. The summed E-state index contributed by atoms with van der Waals surface area (Å²) in [5, 5.41) is 0.852. The first kappa shape index (κ1) is 27.2. The molecule has 0 unspecified atom stereocenters. The number of hydrogen-bond donors (Lipinski definition) is 1. The van der Waals surface area contributed by atoms with E-state index in [1.165, 1.54) is 3.97 Å². The van der Waals surface area contributed by atoms with Crippen LogP contribution in [0.4, 0.5) is 0 Å². The van der Waals surface area contributed by atoms with Gasteiger partial charge in [-0.05, 0) is 48.4 Å². The molecular weight excluding hydrogens is 528 g/mol. The van der Waals surface area contributed by atoms with Crippen LogP contribution in [0.2, 0.25) is 0 Å². The van der Waals surface area contributed by atoms with Gasteiger partial charge in [-0.25, -0.2) is 12.4 Å². The number of nitrogens with zero attached hydrogens (tertiary/aromatic N) is 1. The van der Waals surface area contributed by atoms with Gasteiger partial charge in [0.1, 0.15) is 17.9 Å². The van der Waals surface area contributed by atoms with Crippen LogP contribution in [0, 0.1) is 0 Å². The van der Waals surface area contributed by atoms with Gasteiger partial charge in [0.15, 0.2) is 0 Å². The van der Waals surface area contributed by atoms with Gasteiger partial charge < -0.3 is 19.6 Å². The molecule has 9 heteroatoms. The first-order chi connectivity index (χ1) is 19.4. The highest BCUT2D eigenvalue weighted by Crippen LogP contribution is 2.34. The summed E-state index contributed by atoms with van der Waals surface area (Å²) >= 11 is 0. The zero-order valence-corrected chi connectivity index (χ0v) is 22.9. The number of ether oxygens (including phenoxy) is 2. The van der Waals surface area contributed by atoms with Crippen molar-refractivity contribution in [2.75, 3.05) is 6.61 Å². The Morgan fingerprint density at radius 2 is 1.75 bits per heavy atom. The Bertz CT molecular complexity index is 1740. The number of rotatable bonds is 11. The van der Waals surface area contributed by atoms with E-state index in [1.54, 1.807) is 37.6 Å². The molecule has 8 nitrogen and oxygen atoms in total. The van der Waals surface area contributed by atoms with Crippen LogP contribution in [0.15, 0.2) is 95.7 Å².